The van der Waals surface area contributed by atoms with E-state index in [4.69, 9.17) is 4.74 Å². The quantitative estimate of drug-likeness (QED) is 0.632. The van der Waals surface area contributed by atoms with Gasteiger partial charge in [-0.15, -0.1) is 0 Å². The molecule has 2 N–H and O–H groups in total. The van der Waals surface area contributed by atoms with Crippen LogP contribution in [0.2, 0.25) is 0 Å². The highest BCUT2D eigenvalue weighted by molar-refractivity contribution is 9.10. The van der Waals surface area contributed by atoms with E-state index in [1.165, 1.54) is 4.90 Å². The van der Waals surface area contributed by atoms with Crippen molar-refractivity contribution >= 4 is 54.8 Å². The Hall–Kier alpha value is -2.59. The summed E-state index contributed by atoms with van der Waals surface area (Å²) in [7, 11) is -3.37. The Morgan fingerprint density at radius 1 is 1.17 bits per heavy atom. The van der Waals surface area contributed by atoms with E-state index in [0.29, 0.717) is 29.2 Å². The number of nitrogens with zero attached hydrogens (tertiary/aromatic N) is 1. The Balaban J connectivity index is 1.65. The van der Waals surface area contributed by atoms with Crippen LogP contribution in [-0.4, -0.2) is 39.1 Å². The second-order valence-electron chi connectivity index (χ2n) is 6.43. The molecule has 29 heavy (non-hydrogen) atoms. The van der Waals surface area contributed by atoms with Gasteiger partial charge < -0.3 is 10.1 Å². The van der Waals surface area contributed by atoms with Crippen LogP contribution >= 0.6 is 15.9 Å². The molecule has 0 aliphatic carbocycles. The molecule has 0 bridgehead atoms. The third kappa shape index (κ3) is 5.48. The predicted octanol–water partition coefficient (Wildman–Crippen LogP) is 2.96. The summed E-state index contributed by atoms with van der Waals surface area (Å²) in [6.45, 7) is 1.49. The van der Waals surface area contributed by atoms with Gasteiger partial charge in [0, 0.05) is 15.8 Å². The highest BCUT2D eigenvalue weighted by Gasteiger charge is 2.27. The van der Waals surface area contributed by atoms with E-state index in [0.717, 1.165) is 4.47 Å². The molecule has 0 atom stereocenters. The molecular formula is C19H20BrN3O5S. The molecule has 1 heterocycles. The van der Waals surface area contributed by atoms with E-state index in [9.17, 15) is 18.0 Å². The molecular weight excluding hydrogens is 462 g/mol. The van der Waals surface area contributed by atoms with E-state index in [-0.39, 0.29) is 30.7 Å². The fourth-order valence-corrected chi connectivity index (χ4v) is 4.29. The molecule has 0 saturated heterocycles. The van der Waals surface area contributed by atoms with Gasteiger partial charge in [-0.3, -0.25) is 19.2 Å². The summed E-state index contributed by atoms with van der Waals surface area (Å²) in [5.74, 6) is -0.128. The number of hydrogen-bond donors (Lipinski definition) is 2. The van der Waals surface area contributed by atoms with Gasteiger partial charge in [0.15, 0.2) is 6.61 Å². The molecule has 0 fully saturated rings. The van der Waals surface area contributed by atoms with Crippen LogP contribution in [0.5, 0.6) is 5.75 Å². The number of nitrogens with one attached hydrogen (secondary N) is 2. The summed E-state index contributed by atoms with van der Waals surface area (Å²) >= 11 is 3.35. The third-order valence-corrected chi connectivity index (χ3v) is 6.07. The smallest absolute Gasteiger partial charge is 0.265 e. The number of hydrogen-bond acceptors (Lipinski definition) is 5. The molecule has 3 rings (SSSR count). The monoisotopic (exact) mass is 481 g/mol. The number of anilines is 3. The summed E-state index contributed by atoms with van der Waals surface area (Å²) in [6, 6.07) is 11.5. The largest absolute Gasteiger partial charge is 0.482 e. The topological polar surface area (TPSA) is 105 Å². The molecule has 0 spiro atoms. The van der Waals surface area contributed by atoms with Crippen LogP contribution in [-0.2, 0) is 19.6 Å². The highest BCUT2D eigenvalue weighted by atomic mass is 79.9. The lowest BCUT2D eigenvalue weighted by Gasteiger charge is -2.29. The average Bonchev–Trinajstić information content (AvgIpc) is 2.65. The van der Waals surface area contributed by atoms with E-state index in [1.807, 2.05) is 0 Å². The van der Waals surface area contributed by atoms with Gasteiger partial charge in [0.1, 0.15) is 12.3 Å². The first-order chi connectivity index (χ1) is 13.8. The minimum atomic E-state index is -3.37. The second-order valence-corrected chi connectivity index (χ2v) is 9.18. The van der Waals surface area contributed by atoms with Gasteiger partial charge in [-0.25, -0.2) is 8.42 Å². The standard InChI is InChI=1S/C19H20BrN3O5S/c1-2-9-29(26,27)22-15-6-4-14(5-7-15)21-18(24)11-23-16-8-3-13(20)10-17(16)28-12-19(23)25/h3-8,10,22H,2,9,11-12H2,1H3,(H,21,24). The molecule has 2 amide bonds. The Labute approximate surface area is 177 Å². The van der Waals surface area contributed by atoms with Gasteiger partial charge in [-0.1, -0.05) is 22.9 Å². The second kappa shape index (κ2) is 8.83. The first-order valence-corrected chi connectivity index (χ1v) is 11.3. The summed E-state index contributed by atoms with van der Waals surface area (Å²) in [5.41, 5.74) is 1.43. The van der Waals surface area contributed by atoms with Crippen molar-refractivity contribution in [3.8, 4) is 5.75 Å². The number of halogens is 1. The molecule has 2 aromatic carbocycles. The Morgan fingerprint density at radius 3 is 2.55 bits per heavy atom. The Kier molecular flexibility index (Phi) is 6.43. The molecule has 0 saturated carbocycles. The maximum Gasteiger partial charge on any atom is 0.265 e. The van der Waals surface area contributed by atoms with Crippen molar-refractivity contribution in [2.75, 3.05) is 33.8 Å². The van der Waals surface area contributed by atoms with Crippen molar-refractivity contribution in [2.45, 2.75) is 13.3 Å². The van der Waals surface area contributed by atoms with Gasteiger partial charge in [0.2, 0.25) is 15.9 Å². The molecule has 0 aromatic heterocycles. The maximum absolute atomic E-state index is 12.4. The zero-order chi connectivity index (χ0) is 21.0. The predicted molar refractivity (Wildman–Crippen MR) is 115 cm³/mol. The first-order valence-electron chi connectivity index (χ1n) is 8.90. The summed E-state index contributed by atoms with van der Waals surface area (Å²) in [6.07, 6.45) is 0.518. The molecule has 10 heteroatoms. The van der Waals surface area contributed by atoms with Crippen molar-refractivity contribution in [2.24, 2.45) is 0 Å². The molecule has 154 valence electrons. The normalized spacial score (nSPS) is 13.4. The van der Waals surface area contributed by atoms with E-state index >= 15 is 0 Å². The zero-order valence-electron chi connectivity index (χ0n) is 15.6. The van der Waals surface area contributed by atoms with E-state index < -0.39 is 10.0 Å². The van der Waals surface area contributed by atoms with Crippen molar-refractivity contribution in [3.05, 3.63) is 46.9 Å². The maximum atomic E-state index is 12.4. The molecule has 0 radical (unpaired) electrons. The van der Waals surface area contributed by atoms with Crippen LogP contribution in [0.3, 0.4) is 0 Å². The van der Waals surface area contributed by atoms with Gasteiger partial charge in [0.05, 0.1) is 11.4 Å². The lowest BCUT2D eigenvalue weighted by atomic mass is 10.2. The minimum Gasteiger partial charge on any atom is -0.482 e. The van der Waals surface area contributed by atoms with Crippen LogP contribution in [0.25, 0.3) is 0 Å². The molecule has 1 aliphatic rings. The van der Waals surface area contributed by atoms with E-state index in [2.05, 4.69) is 26.0 Å². The number of benzene rings is 2. The fourth-order valence-electron chi connectivity index (χ4n) is 2.82. The van der Waals surface area contributed by atoms with Gasteiger partial charge in [-0.2, -0.15) is 0 Å². The lowest BCUT2D eigenvalue weighted by Crippen LogP contribution is -2.43. The van der Waals surface area contributed by atoms with Crippen molar-refractivity contribution < 1.29 is 22.7 Å². The van der Waals surface area contributed by atoms with Crippen molar-refractivity contribution in [3.63, 3.8) is 0 Å². The van der Waals surface area contributed by atoms with Crippen LogP contribution in [0, 0.1) is 0 Å². The summed E-state index contributed by atoms with van der Waals surface area (Å²) in [4.78, 5) is 26.0. The van der Waals surface area contributed by atoms with Crippen LogP contribution in [0.1, 0.15) is 13.3 Å². The number of sulfonamides is 1. The molecule has 8 nitrogen and oxygen atoms in total. The summed E-state index contributed by atoms with van der Waals surface area (Å²) in [5, 5.41) is 2.71. The third-order valence-electron chi connectivity index (χ3n) is 4.08. The molecule has 0 unspecified atom stereocenters. The average molecular weight is 482 g/mol. The number of fused-ring (bicyclic) bond motifs is 1. The number of carbonyl (C=O) groups is 2. The van der Waals surface area contributed by atoms with Gasteiger partial charge in [0.25, 0.3) is 5.91 Å². The number of ether oxygens (including phenoxy) is 1. The van der Waals surface area contributed by atoms with Crippen LogP contribution < -0.4 is 19.7 Å². The van der Waals surface area contributed by atoms with Gasteiger partial charge >= 0.3 is 0 Å². The molecule has 2 aromatic rings. The number of rotatable bonds is 7. The van der Waals surface area contributed by atoms with Crippen LogP contribution in [0.4, 0.5) is 17.1 Å². The van der Waals surface area contributed by atoms with Crippen molar-refractivity contribution in [1.29, 1.82) is 0 Å². The zero-order valence-corrected chi connectivity index (χ0v) is 18.0. The van der Waals surface area contributed by atoms with Gasteiger partial charge in [-0.05, 0) is 48.9 Å². The number of carbonyl (C=O) groups excluding carboxylic acids is 2. The molecule has 1 aliphatic heterocycles. The lowest BCUT2D eigenvalue weighted by molar-refractivity contribution is -0.123. The Bertz CT molecular complexity index is 1020. The SMILES string of the molecule is CCCS(=O)(=O)Nc1ccc(NC(=O)CN2C(=O)COc3cc(Br)ccc32)cc1. The Morgan fingerprint density at radius 2 is 1.86 bits per heavy atom. The van der Waals surface area contributed by atoms with E-state index in [1.54, 1.807) is 49.4 Å². The number of amides is 2. The first kappa shape index (κ1) is 21.1. The minimum absolute atomic E-state index is 0.0388. The fraction of sp³-hybridized carbons (Fsp3) is 0.263. The highest BCUT2D eigenvalue weighted by Crippen LogP contribution is 2.34. The summed E-state index contributed by atoms with van der Waals surface area (Å²) < 4.78 is 32.3. The van der Waals surface area contributed by atoms with Crippen molar-refractivity contribution in [1.82, 2.24) is 0 Å². The van der Waals surface area contributed by atoms with Crippen LogP contribution in [0.15, 0.2) is 46.9 Å².